The molecule has 1 saturated heterocycles. The topological polar surface area (TPSA) is 85.2 Å². The number of benzene rings is 3. The molecule has 0 radical (unpaired) electrons. The van der Waals surface area contributed by atoms with Crippen molar-refractivity contribution >= 4 is 29.3 Å². The highest BCUT2D eigenvalue weighted by Crippen LogP contribution is 2.29. The predicted molar refractivity (Wildman–Crippen MR) is 159 cm³/mol. The minimum absolute atomic E-state index is 0.0446. The average Bonchev–Trinajstić information content (AvgIpc) is 3.49. The van der Waals surface area contributed by atoms with Gasteiger partial charge in [0.25, 0.3) is 5.56 Å². The van der Waals surface area contributed by atoms with Crippen molar-refractivity contribution < 1.29 is 9.53 Å². The van der Waals surface area contributed by atoms with E-state index in [0.29, 0.717) is 53.0 Å². The fourth-order valence-corrected chi connectivity index (χ4v) is 5.86. The number of nitrogens with zero attached hydrogens (tertiary/aromatic N) is 2. The highest BCUT2D eigenvalue weighted by molar-refractivity contribution is 7.99. The van der Waals surface area contributed by atoms with Gasteiger partial charge in [0.2, 0.25) is 5.91 Å². The summed E-state index contributed by atoms with van der Waals surface area (Å²) in [7, 11) is 1.60. The number of methoxy groups -OCH3 is 1. The zero-order valence-corrected chi connectivity index (χ0v) is 23.8. The molecule has 7 nitrogen and oxygen atoms in total. The van der Waals surface area contributed by atoms with Gasteiger partial charge in [-0.25, -0.2) is 0 Å². The van der Waals surface area contributed by atoms with Crippen LogP contribution in [-0.4, -0.2) is 42.4 Å². The van der Waals surface area contributed by atoms with Crippen LogP contribution in [0.4, 0.5) is 0 Å². The number of aromatic nitrogens is 2. The van der Waals surface area contributed by atoms with Crippen molar-refractivity contribution in [3.63, 3.8) is 0 Å². The second kappa shape index (κ2) is 13.2. The molecule has 0 unspecified atom stereocenters. The fourth-order valence-electron chi connectivity index (χ4n) is 4.90. The molecule has 3 aromatic carbocycles. The summed E-state index contributed by atoms with van der Waals surface area (Å²) in [6.07, 6.45) is 1.14. The van der Waals surface area contributed by atoms with Gasteiger partial charge >= 0.3 is 0 Å². The highest BCUT2D eigenvalue weighted by Gasteiger charge is 2.33. The highest BCUT2D eigenvalue weighted by atomic mass is 35.5. The first-order valence-corrected chi connectivity index (χ1v) is 14.5. The van der Waals surface area contributed by atoms with Crippen molar-refractivity contribution in [2.24, 2.45) is 5.92 Å². The number of rotatable bonds is 10. The van der Waals surface area contributed by atoms with Crippen molar-refractivity contribution in [2.45, 2.75) is 28.7 Å². The Morgan fingerprint density at radius 1 is 1.07 bits per heavy atom. The minimum Gasteiger partial charge on any atom is -0.497 e. The first-order chi connectivity index (χ1) is 19.5. The Bertz CT molecular complexity index is 1490. The van der Waals surface area contributed by atoms with Crippen molar-refractivity contribution in [1.29, 1.82) is 0 Å². The van der Waals surface area contributed by atoms with E-state index < -0.39 is 0 Å². The van der Waals surface area contributed by atoms with Gasteiger partial charge in [0.1, 0.15) is 10.8 Å². The molecule has 0 spiro atoms. The molecule has 2 heterocycles. The third-order valence-corrected chi connectivity index (χ3v) is 8.19. The Labute approximate surface area is 242 Å². The predicted octanol–water partition coefficient (Wildman–Crippen LogP) is 5.10. The maximum Gasteiger partial charge on any atom is 0.274 e. The number of halogens is 1. The zero-order valence-electron chi connectivity index (χ0n) is 22.2. The summed E-state index contributed by atoms with van der Waals surface area (Å²) < 4.78 is 6.69. The summed E-state index contributed by atoms with van der Waals surface area (Å²) >= 11 is 7.51. The molecule has 9 heteroatoms. The van der Waals surface area contributed by atoms with E-state index in [9.17, 15) is 9.59 Å². The monoisotopic (exact) mass is 574 g/mol. The van der Waals surface area contributed by atoms with Gasteiger partial charge in [-0.05, 0) is 73.0 Å². The molecular formula is C31H31ClN4O3S. The van der Waals surface area contributed by atoms with Gasteiger partial charge < -0.3 is 15.4 Å². The first-order valence-electron chi connectivity index (χ1n) is 13.3. The van der Waals surface area contributed by atoms with E-state index in [1.165, 1.54) is 22.0 Å². The van der Waals surface area contributed by atoms with Crippen LogP contribution < -0.4 is 20.9 Å². The zero-order chi connectivity index (χ0) is 27.9. The third-order valence-electron chi connectivity index (χ3n) is 7.02. The Morgan fingerprint density at radius 2 is 1.82 bits per heavy atom. The van der Waals surface area contributed by atoms with Crippen LogP contribution in [-0.2, 0) is 11.2 Å². The van der Waals surface area contributed by atoms with Crippen LogP contribution in [0.3, 0.4) is 0 Å². The molecule has 2 atom stereocenters. The van der Waals surface area contributed by atoms with Crippen LogP contribution in [0.2, 0.25) is 5.02 Å². The van der Waals surface area contributed by atoms with Crippen LogP contribution in [0.25, 0.3) is 5.69 Å². The van der Waals surface area contributed by atoms with Crippen LogP contribution in [0.5, 0.6) is 5.75 Å². The van der Waals surface area contributed by atoms with Crippen molar-refractivity contribution in [3.05, 3.63) is 111 Å². The smallest absolute Gasteiger partial charge is 0.274 e. The van der Waals surface area contributed by atoms with E-state index in [0.717, 1.165) is 11.4 Å². The van der Waals surface area contributed by atoms with Crippen LogP contribution in [0.15, 0.2) is 99.6 Å². The Hall–Kier alpha value is -3.59. The largest absolute Gasteiger partial charge is 0.497 e. The summed E-state index contributed by atoms with van der Waals surface area (Å²) in [6, 6.07) is 26.7. The van der Waals surface area contributed by atoms with Gasteiger partial charge in [-0.15, -0.1) is 0 Å². The van der Waals surface area contributed by atoms with E-state index in [1.54, 1.807) is 19.2 Å². The lowest BCUT2D eigenvalue weighted by Gasteiger charge is -2.18. The van der Waals surface area contributed by atoms with Gasteiger partial charge in [0, 0.05) is 41.0 Å². The maximum absolute atomic E-state index is 13.5. The molecule has 4 aromatic rings. The minimum atomic E-state index is -0.180. The summed E-state index contributed by atoms with van der Waals surface area (Å²) in [6.45, 7) is 1.94. The van der Waals surface area contributed by atoms with Gasteiger partial charge in [-0.1, -0.05) is 53.7 Å². The lowest BCUT2D eigenvalue weighted by Crippen LogP contribution is -2.35. The number of hydrogen-bond donors (Lipinski definition) is 2. The first kappa shape index (κ1) is 28.0. The summed E-state index contributed by atoms with van der Waals surface area (Å²) in [5.74, 6) is 0.790. The number of carbonyl (C=O) groups is 1. The van der Waals surface area contributed by atoms with E-state index in [2.05, 4.69) is 27.9 Å². The number of carbonyl (C=O) groups excluding carboxylic acids is 1. The van der Waals surface area contributed by atoms with E-state index in [1.807, 2.05) is 60.7 Å². The van der Waals surface area contributed by atoms with Crippen molar-refractivity contribution in [2.75, 3.05) is 26.7 Å². The molecule has 0 saturated carbocycles. The summed E-state index contributed by atoms with van der Waals surface area (Å²) in [4.78, 5) is 27.5. The van der Waals surface area contributed by atoms with E-state index >= 15 is 0 Å². The molecule has 1 aromatic heterocycles. The number of hydrogen-bond acceptors (Lipinski definition) is 6. The van der Waals surface area contributed by atoms with Gasteiger partial charge in [-0.3, -0.25) is 9.59 Å². The Morgan fingerprint density at radius 3 is 2.55 bits per heavy atom. The molecule has 1 amide bonds. The third kappa shape index (κ3) is 6.75. The Balaban J connectivity index is 1.29. The molecule has 5 rings (SSSR count). The SMILES string of the molecule is COc1ccc(-n2nc(Sc3ccc(Cl)cc3)cc(CCCNC(=O)[C@H]3CNC[C@@H]3c3ccccc3)c2=O)cc1. The quantitative estimate of drug-likeness (QED) is 0.256. The molecule has 1 aliphatic rings. The summed E-state index contributed by atoms with van der Waals surface area (Å²) in [5, 5.41) is 12.4. The maximum atomic E-state index is 13.5. The van der Waals surface area contributed by atoms with Crippen LogP contribution in [0.1, 0.15) is 23.5 Å². The van der Waals surface area contributed by atoms with Gasteiger partial charge in [-0.2, -0.15) is 9.78 Å². The molecule has 0 bridgehead atoms. The number of aryl methyl sites for hydroxylation is 1. The second-order valence-corrected chi connectivity index (χ2v) is 11.2. The van der Waals surface area contributed by atoms with Crippen LogP contribution >= 0.6 is 23.4 Å². The number of nitrogens with one attached hydrogen (secondary N) is 2. The van der Waals surface area contributed by atoms with Gasteiger partial charge in [0.05, 0.1) is 18.7 Å². The van der Waals surface area contributed by atoms with E-state index in [-0.39, 0.29) is 23.3 Å². The molecule has 206 valence electrons. The van der Waals surface area contributed by atoms with Crippen molar-refractivity contribution in [1.82, 2.24) is 20.4 Å². The molecule has 2 N–H and O–H groups in total. The van der Waals surface area contributed by atoms with Gasteiger partial charge in [0.15, 0.2) is 0 Å². The number of amides is 1. The second-order valence-electron chi connectivity index (χ2n) is 9.66. The molecule has 1 aliphatic heterocycles. The number of ether oxygens (including phenoxy) is 1. The average molecular weight is 575 g/mol. The standard InChI is InChI=1S/C31H31ClN4O3S/c1-39-25-13-11-24(12-14-25)36-31(38)22(18-29(35-36)40-26-15-9-23(32)10-16-26)8-5-17-34-30(37)28-20-33-19-27(28)21-6-3-2-4-7-21/h2-4,6-7,9-16,18,27-28,33H,5,8,17,19-20H2,1H3,(H,34,37)/t27-,28+/m1/s1. The fraction of sp³-hybridized carbons (Fsp3) is 0.258. The van der Waals surface area contributed by atoms with Crippen molar-refractivity contribution in [3.8, 4) is 11.4 Å². The van der Waals surface area contributed by atoms with Crippen LogP contribution in [0, 0.1) is 5.92 Å². The lowest BCUT2D eigenvalue weighted by atomic mass is 9.88. The Kier molecular flexibility index (Phi) is 9.21. The molecule has 40 heavy (non-hydrogen) atoms. The summed E-state index contributed by atoms with van der Waals surface area (Å²) in [5.41, 5.74) is 2.29. The van der Waals surface area contributed by atoms with E-state index in [4.69, 9.17) is 16.3 Å². The normalized spacial score (nSPS) is 16.6. The molecule has 1 fully saturated rings. The molecular weight excluding hydrogens is 544 g/mol. The molecule has 0 aliphatic carbocycles. The lowest BCUT2D eigenvalue weighted by molar-refractivity contribution is -0.124.